The number of hydrogen-bond acceptors (Lipinski definition) is 2. The Bertz CT molecular complexity index is 647. The van der Waals surface area contributed by atoms with E-state index in [2.05, 4.69) is 40.5 Å². The summed E-state index contributed by atoms with van der Waals surface area (Å²) in [5, 5.41) is 3.53. The topological polar surface area (TPSA) is 15.3 Å². The Morgan fingerprint density at radius 2 is 1.78 bits per heavy atom. The first-order valence-corrected chi connectivity index (χ1v) is 8.52. The second-order valence-corrected chi connectivity index (χ2v) is 7.05. The molecule has 0 atom stereocenters. The monoisotopic (exact) mass is 310 g/mol. The zero-order chi connectivity index (χ0) is 15.7. The molecule has 1 aliphatic carbocycles. The van der Waals surface area contributed by atoms with Crippen molar-refractivity contribution in [2.75, 3.05) is 18.4 Å². The number of nitrogens with one attached hydrogen (secondary N) is 1. The van der Waals surface area contributed by atoms with E-state index in [9.17, 15) is 4.39 Å². The standard InChI is InChI=1S/C20H23FN2/c21-18-6-8-19(9-7-18)22-15-20-12-17(13-20)10-11-23(20)14-16-4-2-1-3-5-16/h1-9,17,22H,10-15H2. The minimum Gasteiger partial charge on any atom is -0.383 e. The lowest BCUT2D eigenvalue weighted by molar-refractivity contribution is -0.0733. The number of rotatable bonds is 5. The van der Waals surface area contributed by atoms with Crippen molar-refractivity contribution in [1.82, 2.24) is 4.90 Å². The van der Waals surface area contributed by atoms with Gasteiger partial charge < -0.3 is 5.32 Å². The van der Waals surface area contributed by atoms with E-state index < -0.39 is 0 Å². The molecule has 2 heterocycles. The smallest absolute Gasteiger partial charge is 0.123 e. The van der Waals surface area contributed by atoms with Crippen LogP contribution in [0.2, 0.25) is 0 Å². The van der Waals surface area contributed by atoms with Crippen molar-refractivity contribution in [3.63, 3.8) is 0 Å². The van der Waals surface area contributed by atoms with E-state index >= 15 is 0 Å². The van der Waals surface area contributed by atoms with Crippen LogP contribution in [-0.2, 0) is 6.54 Å². The van der Waals surface area contributed by atoms with Crippen molar-refractivity contribution in [1.29, 1.82) is 0 Å². The van der Waals surface area contributed by atoms with Crippen molar-refractivity contribution < 1.29 is 4.39 Å². The molecule has 3 aliphatic rings. The Morgan fingerprint density at radius 1 is 1.04 bits per heavy atom. The summed E-state index contributed by atoms with van der Waals surface area (Å²) in [5.41, 5.74) is 2.67. The van der Waals surface area contributed by atoms with Crippen molar-refractivity contribution in [3.05, 3.63) is 66.0 Å². The summed E-state index contributed by atoms with van der Waals surface area (Å²) in [7, 11) is 0. The highest BCUT2D eigenvalue weighted by atomic mass is 19.1. The van der Waals surface area contributed by atoms with Crippen LogP contribution in [0.1, 0.15) is 24.8 Å². The molecule has 2 nitrogen and oxygen atoms in total. The van der Waals surface area contributed by atoms with Crippen LogP contribution >= 0.6 is 0 Å². The summed E-state index contributed by atoms with van der Waals surface area (Å²) in [5.74, 6) is 0.720. The number of hydrogen-bond donors (Lipinski definition) is 1. The number of benzene rings is 2. The third-order valence-corrected chi connectivity index (χ3v) is 5.50. The van der Waals surface area contributed by atoms with Crippen LogP contribution in [0.5, 0.6) is 0 Å². The first-order chi connectivity index (χ1) is 11.2. The van der Waals surface area contributed by atoms with Gasteiger partial charge in [-0.1, -0.05) is 30.3 Å². The van der Waals surface area contributed by atoms with Gasteiger partial charge in [0.2, 0.25) is 0 Å². The van der Waals surface area contributed by atoms with Crippen LogP contribution in [0.4, 0.5) is 10.1 Å². The average molecular weight is 310 g/mol. The Labute approximate surface area is 137 Å². The lowest BCUT2D eigenvalue weighted by atomic mass is 9.62. The number of fused-ring (bicyclic) bond motifs is 2. The Kier molecular flexibility index (Phi) is 3.82. The highest BCUT2D eigenvalue weighted by Gasteiger charge is 2.51. The van der Waals surface area contributed by atoms with Gasteiger partial charge in [0.25, 0.3) is 0 Å². The first-order valence-electron chi connectivity index (χ1n) is 8.52. The molecular weight excluding hydrogens is 287 g/mol. The summed E-state index contributed by atoms with van der Waals surface area (Å²) in [6.45, 7) is 3.16. The third-order valence-electron chi connectivity index (χ3n) is 5.50. The summed E-state index contributed by atoms with van der Waals surface area (Å²) in [4.78, 5) is 2.65. The summed E-state index contributed by atoms with van der Waals surface area (Å²) >= 11 is 0. The van der Waals surface area contributed by atoms with Gasteiger partial charge in [0.15, 0.2) is 0 Å². The lowest BCUT2D eigenvalue weighted by Gasteiger charge is -2.59. The van der Waals surface area contributed by atoms with Gasteiger partial charge in [-0.25, -0.2) is 4.39 Å². The van der Waals surface area contributed by atoms with Gasteiger partial charge in [-0.15, -0.1) is 0 Å². The number of piperidine rings is 2. The molecule has 0 unspecified atom stereocenters. The van der Waals surface area contributed by atoms with Gasteiger partial charge >= 0.3 is 0 Å². The highest BCUT2D eigenvalue weighted by Crippen LogP contribution is 2.49. The molecule has 1 N–H and O–H groups in total. The van der Waals surface area contributed by atoms with Crippen molar-refractivity contribution in [2.24, 2.45) is 5.92 Å². The van der Waals surface area contributed by atoms with E-state index in [1.165, 1.54) is 43.5 Å². The lowest BCUT2D eigenvalue weighted by Crippen LogP contribution is -2.65. The molecule has 1 saturated carbocycles. The SMILES string of the molecule is Fc1ccc(NCC23CC(CCN2Cc2ccccc2)C3)cc1. The molecule has 3 heteroatoms. The summed E-state index contributed by atoms with van der Waals surface area (Å²) in [6.07, 6.45) is 3.90. The molecule has 0 radical (unpaired) electrons. The van der Waals surface area contributed by atoms with E-state index in [0.717, 1.165) is 24.7 Å². The minimum atomic E-state index is -0.180. The number of halogens is 1. The summed E-state index contributed by atoms with van der Waals surface area (Å²) in [6, 6.07) is 17.4. The van der Waals surface area contributed by atoms with Gasteiger partial charge in [-0.2, -0.15) is 0 Å². The van der Waals surface area contributed by atoms with Crippen molar-refractivity contribution >= 4 is 5.69 Å². The molecule has 2 saturated heterocycles. The van der Waals surface area contributed by atoms with E-state index in [1.807, 2.05) is 12.1 Å². The van der Waals surface area contributed by atoms with E-state index in [0.29, 0.717) is 0 Å². The molecule has 2 aliphatic heterocycles. The molecule has 0 spiro atoms. The first kappa shape index (κ1) is 14.7. The summed E-state index contributed by atoms with van der Waals surface area (Å²) < 4.78 is 13.0. The maximum atomic E-state index is 13.0. The average Bonchev–Trinajstić information content (AvgIpc) is 2.55. The highest BCUT2D eigenvalue weighted by molar-refractivity contribution is 5.43. The van der Waals surface area contributed by atoms with Crippen LogP contribution in [0.25, 0.3) is 0 Å². The Balaban J connectivity index is 1.45. The van der Waals surface area contributed by atoms with Crippen LogP contribution in [0, 0.1) is 11.7 Å². The normalized spacial score (nSPS) is 26.6. The fourth-order valence-electron chi connectivity index (χ4n) is 4.19. The van der Waals surface area contributed by atoms with E-state index in [4.69, 9.17) is 0 Å². The van der Waals surface area contributed by atoms with E-state index in [1.54, 1.807) is 0 Å². The maximum Gasteiger partial charge on any atom is 0.123 e. The van der Waals surface area contributed by atoms with Crippen molar-refractivity contribution in [2.45, 2.75) is 31.3 Å². The fraction of sp³-hybridized carbons (Fsp3) is 0.400. The second kappa shape index (κ2) is 5.97. The molecule has 0 aromatic heterocycles. The zero-order valence-corrected chi connectivity index (χ0v) is 13.3. The minimum absolute atomic E-state index is 0.180. The molecule has 5 rings (SSSR count). The molecule has 0 amide bonds. The largest absolute Gasteiger partial charge is 0.383 e. The van der Waals surface area contributed by atoms with Crippen LogP contribution in [0.15, 0.2) is 54.6 Å². The van der Waals surface area contributed by atoms with Gasteiger partial charge in [0.05, 0.1) is 0 Å². The third kappa shape index (κ3) is 2.98. The quantitative estimate of drug-likeness (QED) is 0.886. The molecule has 2 aromatic rings. The van der Waals surface area contributed by atoms with Crippen molar-refractivity contribution in [3.8, 4) is 0 Å². The predicted molar refractivity (Wildman–Crippen MR) is 91.8 cm³/mol. The van der Waals surface area contributed by atoms with Gasteiger partial charge in [-0.3, -0.25) is 4.90 Å². The molecular formula is C20H23FN2. The molecule has 120 valence electrons. The number of nitrogens with zero attached hydrogens (tertiary/aromatic N) is 1. The van der Waals surface area contributed by atoms with Crippen LogP contribution < -0.4 is 5.32 Å². The van der Waals surface area contributed by atoms with Crippen LogP contribution in [-0.4, -0.2) is 23.5 Å². The fourth-order valence-corrected chi connectivity index (χ4v) is 4.19. The van der Waals surface area contributed by atoms with Gasteiger partial charge in [-0.05, 0) is 61.6 Å². The zero-order valence-electron chi connectivity index (χ0n) is 13.3. The predicted octanol–water partition coefficient (Wildman–Crippen LogP) is 4.29. The Hall–Kier alpha value is -1.87. The Morgan fingerprint density at radius 3 is 2.52 bits per heavy atom. The van der Waals surface area contributed by atoms with Gasteiger partial charge in [0, 0.05) is 24.3 Å². The maximum absolute atomic E-state index is 13.0. The van der Waals surface area contributed by atoms with E-state index in [-0.39, 0.29) is 11.4 Å². The molecule has 2 aromatic carbocycles. The molecule has 3 fully saturated rings. The van der Waals surface area contributed by atoms with Crippen LogP contribution in [0.3, 0.4) is 0 Å². The van der Waals surface area contributed by atoms with Gasteiger partial charge in [0.1, 0.15) is 5.82 Å². The second-order valence-electron chi connectivity index (χ2n) is 7.05. The molecule has 23 heavy (non-hydrogen) atoms. The number of anilines is 1. The molecule has 2 bridgehead atoms.